The largest absolute Gasteiger partial charge is 0.496 e. The molecule has 71 heavy (non-hydrogen) atoms. The number of carbonyl (C=O) groups is 4. The van der Waals surface area contributed by atoms with Gasteiger partial charge in [0.2, 0.25) is 11.8 Å². The standard InChI is InChI=1S/C54H63F2N7O8/c1-5-35-43(62-51(66)47(35)55)27-70-53-39-21-45(68-3)41(49(57)64)19-37(39)33(25-60-53)17-15-29-7-11-31(12-8-29)23-59-24-32-13-9-30(10-14-32)16-18-34-26-61-54(71-28-44-36(6-2)48(56)52(67)63-44)40-22-46(69-4)42(50(58)65)20-38(34)40/h19-22,25-26,29-32,35-36,43-44,47-48,59H,5-14,23-24,27-28H2,1-4H3,(H2,57,64)(H2,58,65)(H,62,66)(H,63,67)/t29-,30-,31-,32-,35-,36-,43+,44+,47-,48-/m0/s1. The Balaban J connectivity index is 0.836. The first kappa shape index (κ1) is 50.7. The number of nitrogens with zero attached hydrogens (tertiary/aromatic N) is 2. The van der Waals surface area contributed by atoms with Crippen molar-refractivity contribution in [1.29, 1.82) is 0 Å². The predicted molar refractivity (Wildman–Crippen MR) is 263 cm³/mol. The minimum absolute atomic E-state index is 0.0233. The van der Waals surface area contributed by atoms with Crippen LogP contribution in [0.5, 0.6) is 23.3 Å². The van der Waals surface area contributed by atoms with Crippen LogP contribution in [0.1, 0.15) is 110 Å². The van der Waals surface area contributed by atoms with Crippen molar-refractivity contribution in [3.63, 3.8) is 0 Å². The highest BCUT2D eigenvalue weighted by molar-refractivity contribution is 6.04. The van der Waals surface area contributed by atoms with Gasteiger partial charge in [-0.05, 0) is 113 Å². The molecule has 2 aromatic carbocycles. The molecule has 4 heterocycles. The molecule has 4 aromatic rings. The van der Waals surface area contributed by atoms with Gasteiger partial charge in [0.05, 0.1) is 48.6 Å². The van der Waals surface area contributed by atoms with Gasteiger partial charge in [0.1, 0.15) is 24.7 Å². The number of nitrogens with one attached hydrogen (secondary N) is 3. The van der Waals surface area contributed by atoms with Crippen LogP contribution < -0.4 is 46.4 Å². The fraction of sp³-hybridized carbons (Fsp3) is 0.519. The molecule has 0 unspecified atom stereocenters. The van der Waals surface area contributed by atoms with Gasteiger partial charge >= 0.3 is 0 Å². The van der Waals surface area contributed by atoms with E-state index in [1.165, 1.54) is 14.2 Å². The first-order chi connectivity index (χ1) is 34.3. The number of carbonyl (C=O) groups excluding carboxylic acids is 4. The number of methoxy groups -OCH3 is 2. The predicted octanol–water partition coefficient (Wildman–Crippen LogP) is 6.09. The normalized spacial score (nSPS) is 26.1. The molecular formula is C54H63F2N7O8. The lowest BCUT2D eigenvalue weighted by molar-refractivity contribution is -0.124. The number of fused-ring (bicyclic) bond motifs is 2. The van der Waals surface area contributed by atoms with E-state index in [1.807, 2.05) is 13.8 Å². The number of halogens is 2. The van der Waals surface area contributed by atoms with Crippen LogP contribution in [-0.4, -0.2) is 98.5 Å². The molecule has 376 valence electrons. The number of ether oxygens (including phenoxy) is 4. The second kappa shape index (κ2) is 22.6. The summed E-state index contributed by atoms with van der Waals surface area (Å²) in [5.74, 6) is 12.5. The molecule has 2 saturated heterocycles. The third kappa shape index (κ3) is 11.3. The van der Waals surface area contributed by atoms with Gasteiger partial charge in [-0.15, -0.1) is 0 Å². The van der Waals surface area contributed by atoms with Crippen molar-refractivity contribution in [3.05, 3.63) is 58.9 Å². The second-order valence-electron chi connectivity index (χ2n) is 19.3. The van der Waals surface area contributed by atoms with Crippen LogP contribution in [0.15, 0.2) is 36.7 Å². The summed E-state index contributed by atoms with van der Waals surface area (Å²) in [5, 5.41) is 11.5. The summed E-state index contributed by atoms with van der Waals surface area (Å²) in [6.07, 6.45) is 9.09. The van der Waals surface area contributed by atoms with E-state index in [2.05, 4.69) is 49.6 Å². The summed E-state index contributed by atoms with van der Waals surface area (Å²) in [6, 6.07) is 5.58. The Kier molecular flexibility index (Phi) is 16.1. The van der Waals surface area contributed by atoms with Crippen molar-refractivity contribution in [3.8, 4) is 46.9 Å². The number of hydrogen-bond donors (Lipinski definition) is 5. The number of nitrogens with two attached hydrogens (primary N) is 2. The third-order valence-corrected chi connectivity index (χ3v) is 14.9. The zero-order valence-corrected chi connectivity index (χ0v) is 40.7. The molecule has 2 aromatic heterocycles. The highest BCUT2D eigenvalue weighted by Gasteiger charge is 2.43. The molecule has 7 N–H and O–H groups in total. The first-order valence-corrected chi connectivity index (χ1v) is 24.8. The van der Waals surface area contributed by atoms with Gasteiger partial charge in [-0.3, -0.25) is 19.2 Å². The zero-order chi connectivity index (χ0) is 50.3. The fourth-order valence-corrected chi connectivity index (χ4v) is 10.7. The molecule has 0 radical (unpaired) electrons. The lowest BCUT2D eigenvalue weighted by Crippen LogP contribution is -2.34. The van der Waals surface area contributed by atoms with Gasteiger partial charge in [-0.1, -0.05) is 37.5 Å². The summed E-state index contributed by atoms with van der Waals surface area (Å²) in [5.41, 5.74) is 13.1. The zero-order valence-electron chi connectivity index (χ0n) is 40.7. The number of pyridine rings is 2. The minimum atomic E-state index is -1.59. The Bertz CT molecular complexity index is 2600. The molecule has 0 bridgehead atoms. The van der Waals surface area contributed by atoms with Gasteiger partial charge in [0.25, 0.3) is 23.6 Å². The number of primary amides is 2. The number of amides is 4. The van der Waals surface area contributed by atoms with Gasteiger partial charge in [0.15, 0.2) is 12.3 Å². The minimum Gasteiger partial charge on any atom is -0.496 e. The number of rotatable bonds is 16. The molecule has 4 fully saturated rings. The van der Waals surface area contributed by atoms with Crippen molar-refractivity contribution in [2.24, 2.45) is 47.0 Å². The lowest BCUT2D eigenvalue weighted by atomic mass is 9.81. The number of hydrogen-bond acceptors (Lipinski definition) is 11. The number of benzene rings is 2. The Hall–Kier alpha value is -6.72. The molecule has 15 nitrogen and oxygen atoms in total. The molecule has 2 saturated carbocycles. The van der Waals surface area contributed by atoms with E-state index in [4.69, 9.17) is 30.4 Å². The third-order valence-electron chi connectivity index (χ3n) is 14.9. The average Bonchev–Trinajstić information content (AvgIpc) is 3.82. The smallest absolute Gasteiger partial charge is 0.255 e. The summed E-state index contributed by atoms with van der Waals surface area (Å²) in [6.45, 7) is 5.62. The van der Waals surface area contributed by atoms with Gasteiger partial charge in [-0.2, -0.15) is 0 Å². The molecule has 4 amide bonds. The van der Waals surface area contributed by atoms with Crippen LogP contribution in [0.2, 0.25) is 0 Å². The van der Waals surface area contributed by atoms with E-state index < -0.39 is 59.9 Å². The first-order valence-electron chi connectivity index (χ1n) is 24.8. The quantitative estimate of drug-likeness (QED) is 0.0810. The second-order valence-corrected chi connectivity index (χ2v) is 19.3. The monoisotopic (exact) mass is 975 g/mol. The van der Waals surface area contributed by atoms with Crippen LogP contribution in [0.25, 0.3) is 21.5 Å². The van der Waals surface area contributed by atoms with E-state index in [0.29, 0.717) is 57.3 Å². The van der Waals surface area contributed by atoms with Crippen LogP contribution in [0.4, 0.5) is 8.78 Å². The van der Waals surface area contributed by atoms with E-state index >= 15 is 0 Å². The average molecular weight is 976 g/mol. The molecule has 17 heteroatoms. The molecular weight excluding hydrogens is 913 g/mol. The number of aromatic nitrogens is 2. The molecule has 8 rings (SSSR count). The summed E-state index contributed by atoms with van der Waals surface area (Å²) in [7, 11) is 2.89. The topological polar surface area (TPSA) is 219 Å². The Morgan fingerprint density at radius 1 is 0.648 bits per heavy atom. The van der Waals surface area contributed by atoms with Crippen LogP contribution in [0.3, 0.4) is 0 Å². The van der Waals surface area contributed by atoms with Crippen LogP contribution >= 0.6 is 0 Å². The summed E-state index contributed by atoms with van der Waals surface area (Å²) < 4.78 is 52.1. The van der Waals surface area contributed by atoms with E-state index in [9.17, 15) is 28.0 Å². The maximum Gasteiger partial charge on any atom is 0.255 e. The fourth-order valence-electron chi connectivity index (χ4n) is 10.7. The Morgan fingerprint density at radius 3 is 1.39 bits per heavy atom. The van der Waals surface area contributed by atoms with Gasteiger partial charge < -0.3 is 46.4 Å². The maximum absolute atomic E-state index is 14.5. The molecule has 4 aliphatic rings. The lowest BCUT2D eigenvalue weighted by Gasteiger charge is -2.29. The van der Waals surface area contributed by atoms with Gasteiger partial charge in [0, 0.05) is 57.6 Å². The molecule has 6 atom stereocenters. The van der Waals surface area contributed by atoms with Crippen molar-refractivity contribution < 1.29 is 46.9 Å². The highest BCUT2D eigenvalue weighted by atomic mass is 19.1. The molecule has 2 aliphatic carbocycles. The summed E-state index contributed by atoms with van der Waals surface area (Å²) >= 11 is 0. The molecule has 0 spiro atoms. The van der Waals surface area contributed by atoms with Gasteiger partial charge in [-0.25, -0.2) is 18.7 Å². The summed E-state index contributed by atoms with van der Waals surface area (Å²) in [4.78, 5) is 58.1. The van der Waals surface area contributed by atoms with E-state index in [0.717, 1.165) is 64.5 Å². The van der Waals surface area contributed by atoms with E-state index in [1.54, 1.807) is 36.7 Å². The van der Waals surface area contributed by atoms with Crippen molar-refractivity contribution >= 4 is 45.2 Å². The van der Waals surface area contributed by atoms with Crippen molar-refractivity contribution in [1.82, 2.24) is 25.9 Å². The highest BCUT2D eigenvalue weighted by Crippen LogP contribution is 2.37. The van der Waals surface area contributed by atoms with Crippen molar-refractivity contribution in [2.45, 2.75) is 102 Å². The van der Waals surface area contributed by atoms with Crippen LogP contribution in [-0.2, 0) is 9.59 Å². The number of alkyl halides is 2. The SMILES string of the molecule is CC[C@@H]1[C@H](F)C(=O)N[C@@H]1COc1ncc(C#C[C@H]2CC[C@H](CNC[C@H]3CC[C@H](C#Cc4cnc(OC[C@H]5NC(=O)[C@@H](F)[C@H]5CC)c5cc(OC)c(C(N)=O)cc45)CC3)CC2)c2cc(C(N)=O)c(OC)cc12. The maximum atomic E-state index is 14.5. The van der Waals surface area contributed by atoms with Crippen molar-refractivity contribution in [2.75, 3.05) is 40.5 Å². The Labute approximate surface area is 412 Å². The Morgan fingerprint density at radius 2 is 1.04 bits per heavy atom. The molecule has 2 aliphatic heterocycles. The van der Waals surface area contributed by atoms with Crippen LogP contribution in [0, 0.1) is 59.2 Å². The van der Waals surface area contributed by atoms with E-state index in [-0.39, 0.29) is 59.4 Å².